The van der Waals surface area contributed by atoms with Crippen molar-refractivity contribution >= 4 is 0 Å². The van der Waals surface area contributed by atoms with E-state index >= 15 is 0 Å². The van der Waals surface area contributed by atoms with Crippen LogP contribution < -0.4 is 5.32 Å². The molecule has 2 aliphatic rings. The van der Waals surface area contributed by atoms with Gasteiger partial charge in [-0.15, -0.1) is 0 Å². The molecule has 0 aromatic carbocycles. The van der Waals surface area contributed by atoms with Gasteiger partial charge in [0.2, 0.25) is 0 Å². The summed E-state index contributed by atoms with van der Waals surface area (Å²) < 4.78 is 5.62. The van der Waals surface area contributed by atoms with E-state index in [1.165, 1.54) is 38.5 Å². The molecule has 0 radical (unpaired) electrons. The van der Waals surface area contributed by atoms with E-state index in [0.29, 0.717) is 11.5 Å². The molecule has 0 aromatic rings. The molecule has 2 nitrogen and oxygen atoms in total. The Bertz CT molecular complexity index is 239. The molecule has 0 bridgehead atoms. The molecule has 1 aliphatic carbocycles. The lowest BCUT2D eigenvalue weighted by Gasteiger charge is -2.23. The van der Waals surface area contributed by atoms with Crippen LogP contribution in [0.15, 0.2) is 0 Å². The summed E-state index contributed by atoms with van der Waals surface area (Å²) in [5, 5.41) is 3.79. The maximum absolute atomic E-state index is 5.62. The van der Waals surface area contributed by atoms with Gasteiger partial charge in [0.1, 0.15) is 0 Å². The second-order valence-electron chi connectivity index (χ2n) is 6.82. The maximum atomic E-state index is 5.62. The van der Waals surface area contributed by atoms with Crippen molar-refractivity contribution in [2.45, 2.75) is 71.4 Å². The summed E-state index contributed by atoms with van der Waals surface area (Å²) in [6.07, 6.45) is 8.59. The SMILES string of the molecule is CC1OCCC1CNC1CCCC(C)(C)CC1. The predicted molar refractivity (Wildman–Crippen MR) is 72.2 cm³/mol. The summed E-state index contributed by atoms with van der Waals surface area (Å²) in [6.45, 7) is 9.18. The van der Waals surface area contributed by atoms with Crippen molar-refractivity contribution in [1.82, 2.24) is 5.32 Å². The van der Waals surface area contributed by atoms with Crippen LogP contribution in [0.1, 0.15) is 59.3 Å². The van der Waals surface area contributed by atoms with Crippen molar-refractivity contribution in [3.05, 3.63) is 0 Å². The van der Waals surface area contributed by atoms with Crippen LogP contribution in [-0.4, -0.2) is 25.3 Å². The van der Waals surface area contributed by atoms with E-state index in [0.717, 1.165) is 25.1 Å². The molecule has 17 heavy (non-hydrogen) atoms. The first-order chi connectivity index (χ1) is 8.07. The lowest BCUT2D eigenvalue weighted by Crippen LogP contribution is -2.35. The molecule has 0 amide bonds. The van der Waals surface area contributed by atoms with Gasteiger partial charge in [-0.25, -0.2) is 0 Å². The van der Waals surface area contributed by atoms with Gasteiger partial charge in [-0.1, -0.05) is 20.3 Å². The summed E-state index contributed by atoms with van der Waals surface area (Å²) in [7, 11) is 0. The fourth-order valence-electron chi connectivity index (χ4n) is 3.23. The van der Waals surface area contributed by atoms with Crippen molar-refractivity contribution in [1.29, 1.82) is 0 Å². The zero-order chi connectivity index (χ0) is 12.3. The molecule has 2 heteroatoms. The minimum atomic E-state index is 0.463. The molecule has 1 saturated heterocycles. The van der Waals surface area contributed by atoms with Crippen molar-refractivity contribution < 1.29 is 4.74 Å². The van der Waals surface area contributed by atoms with E-state index < -0.39 is 0 Å². The third-order valence-corrected chi connectivity index (χ3v) is 4.78. The van der Waals surface area contributed by atoms with Crippen LogP contribution in [-0.2, 0) is 4.74 Å². The highest BCUT2D eigenvalue weighted by Crippen LogP contribution is 2.33. The monoisotopic (exact) mass is 239 g/mol. The molecule has 1 saturated carbocycles. The van der Waals surface area contributed by atoms with Crippen LogP contribution >= 0.6 is 0 Å². The van der Waals surface area contributed by atoms with E-state index in [2.05, 4.69) is 26.1 Å². The Morgan fingerprint density at radius 3 is 2.71 bits per heavy atom. The second-order valence-corrected chi connectivity index (χ2v) is 6.82. The van der Waals surface area contributed by atoms with Gasteiger partial charge in [-0.2, -0.15) is 0 Å². The third kappa shape index (κ3) is 3.96. The van der Waals surface area contributed by atoms with Crippen LogP contribution in [0, 0.1) is 11.3 Å². The largest absolute Gasteiger partial charge is 0.378 e. The minimum Gasteiger partial charge on any atom is -0.378 e. The molecule has 1 aliphatic heterocycles. The van der Waals surface area contributed by atoms with Crippen LogP contribution in [0.3, 0.4) is 0 Å². The van der Waals surface area contributed by atoms with Gasteiger partial charge in [0, 0.05) is 19.2 Å². The first-order valence-electron chi connectivity index (χ1n) is 7.42. The Balaban J connectivity index is 1.72. The Morgan fingerprint density at radius 1 is 1.18 bits per heavy atom. The van der Waals surface area contributed by atoms with E-state index in [1.807, 2.05) is 0 Å². The number of hydrogen-bond acceptors (Lipinski definition) is 2. The average Bonchev–Trinajstić information content (AvgIpc) is 2.58. The van der Waals surface area contributed by atoms with E-state index in [-0.39, 0.29) is 0 Å². The number of hydrogen-bond donors (Lipinski definition) is 1. The van der Waals surface area contributed by atoms with Crippen LogP contribution in [0.25, 0.3) is 0 Å². The lowest BCUT2D eigenvalue weighted by atomic mass is 9.85. The van der Waals surface area contributed by atoms with Crippen LogP contribution in [0.2, 0.25) is 0 Å². The Morgan fingerprint density at radius 2 is 2.00 bits per heavy atom. The standard InChI is InChI=1S/C15H29NO/c1-12-13(7-10-17-12)11-16-14-5-4-8-15(2,3)9-6-14/h12-14,16H,4-11H2,1-3H3. The fraction of sp³-hybridized carbons (Fsp3) is 1.00. The summed E-state index contributed by atoms with van der Waals surface area (Å²) in [5.41, 5.74) is 0.570. The normalized spacial score (nSPS) is 37.9. The lowest BCUT2D eigenvalue weighted by molar-refractivity contribution is 0.104. The van der Waals surface area contributed by atoms with Gasteiger partial charge in [-0.3, -0.25) is 0 Å². The molecule has 100 valence electrons. The summed E-state index contributed by atoms with van der Waals surface area (Å²) in [4.78, 5) is 0. The number of nitrogens with one attached hydrogen (secondary N) is 1. The topological polar surface area (TPSA) is 21.3 Å². The molecule has 0 aromatic heterocycles. The van der Waals surface area contributed by atoms with E-state index in [4.69, 9.17) is 4.74 Å². The molecule has 2 fully saturated rings. The van der Waals surface area contributed by atoms with Crippen molar-refractivity contribution in [2.75, 3.05) is 13.2 Å². The quantitative estimate of drug-likeness (QED) is 0.763. The summed E-state index contributed by atoms with van der Waals surface area (Å²) in [6, 6.07) is 0.754. The van der Waals surface area contributed by atoms with Gasteiger partial charge >= 0.3 is 0 Å². The van der Waals surface area contributed by atoms with Gasteiger partial charge in [-0.05, 0) is 50.4 Å². The van der Waals surface area contributed by atoms with Crippen molar-refractivity contribution in [2.24, 2.45) is 11.3 Å². The Labute approximate surface area is 107 Å². The van der Waals surface area contributed by atoms with Gasteiger partial charge < -0.3 is 10.1 Å². The highest BCUT2D eigenvalue weighted by Gasteiger charge is 2.27. The average molecular weight is 239 g/mol. The zero-order valence-corrected chi connectivity index (χ0v) is 11.8. The minimum absolute atomic E-state index is 0.463. The molecule has 0 spiro atoms. The molecule has 1 N–H and O–H groups in total. The molecular formula is C15H29NO. The number of ether oxygens (including phenoxy) is 1. The summed E-state index contributed by atoms with van der Waals surface area (Å²) >= 11 is 0. The second kappa shape index (κ2) is 5.71. The first kappa shape index (κ1) is 13.4. The van der Waals surface area contributed by atoms with E-state index in [1.54, 1.807) is 0 Å². The van der Waals surface area contributed by atoms with Crippen molar-refractivity contribution in [3.8, 4) is 0 Å². The maximum Gasteiger partial charge on any atom is 0.0588 e. The smallest absolute Gasteiger partial charge is 0.0588 e. The van der Waals surface area contributed by atoms with Crippen LogP contribution in [0.4, 0.5) is 0 Å². The molecule has 3 atom stereocenters. The van der Waals surface area contributed by atoms with E-state index in [9.17, 15) is 0 Å². The zero-order valence-electron chi connectivity index (χ0n) is 11.8. The van der Waals surface area contributed by atoms with Gasteiger partial charge in [0.05, 0.1) is 6.10 Å². The molecular weight excluding hydrogens is 210 g/mol. The van der Waals surface area contributed by atoms with Crippen molar-refractivity contribution in [3.63, 3.8) is 0 Å². The van der Waals surface area contributed by atoms with Gasteiger partial charge in [0.25, 0.3) is 0 Å². The van der Waals surface area contributed by atoms with Crippen LogP contribution in [0.5, 0.6) is 0 Å². The fourth-order valence-corrected chi connectivity index (χ4v) is 3.23. The summed E-state index contributed by atoms with van der Waals surface area (Å²) in [5.74, 6) is 0.742. The molecule has 1 heterocycles. The first-order valence-corrected chi connectivity index (χ1v) is 7.42. The third-order valence-electron chi connectivity index (χ3n) is 4.78. The highest BCUT2D eigenvalue weighted by atomic mass is 16.5. The number of rotatable bonds is 3. The molecule has 3 unspecified atom stereocenters. The van der Waals surface area contributed by atoms with Gasteiger partial charge in [0.15, 0.2) is 0 Å². The molecule has 2 rings (SSSR count). The predicted octanol–water partition coefficient (Wildman–Crippen LogP) is 3.36. The highest BCUT2D eigenvalue weighted by molar-refractivity contribution is 4.82. The Kier molecular flexibility index (Phi) is 4.48. The Hall–Kier alpha value is -0.0800.